The summed E-state index contributed by atoms with van der Waals surface area (Å²) < 4.78 is 12.8. The highest BCUT2D eigenvalue weighted by Gasteiger charge is 2.36. The molecule has 2 fully saturated rings. The standard InChI is InChI=1S/C13H17FN2/c14-10-3-5-11(6-4-10)15-12-7-9-16-8-1-2-13(12)16/h3-6,12-13,15H,1-2,7-9H2. The van der Waals surface area contributed by atoms with Gasteiger partial charge in [0.05, 0.1) is 0 Å². The second kappa shape index (κ2) is 4.06. The lowest BCUT2D eigenvalue weighted by atomic mass is 10.1. The van der Waals surface area contributed by atoms with E-state index in [2.05, 4.69) is 10.2 Å². The molecule has 0 bridgehead atoms. The zero-order chi connectivity index (χ0) is 11.0. The lowest BCUT2D eigenvalue weighted by Gasteiger charge is -2.22. The molecule has 0 radical (unpaired) electrons. The van der Waals surface area contributed by atoms with Crippen LogP contribution in [0.2, 0.25) is 0 Å². The highest BCUT2D eigenvalue weighted by Crippen LogP contribution is 2.30. The minimum Gasteiger partial charge on any atom is -0.381 e. The van der Waals surface area contributed by atoms with Crippen molar-refractivity contribution in [3.63, 3.8) is 0 Å². The van der Waals surface area contributed by atoms with E-state index < -0.39 is 0 Å². The molecule has 1 N–H and O–H groups in total. The van der Waals surface area contributed by atoms with E-state index in [4.69, 9.17) is 0 Å². The van der Waals surface area contributed by atoms with Crippen molar-refractivity contribution in [3.8, 4) is 0 Å². The first-order valence-corrected chi connectivity index (χ1v) is 6.09. The molecule has 2 aliphatic rings. The predicted octanol–water partition coefficient (Wildman–Crippen LogP) is 2.47. The molecular weight excluding hydrogens is 203 g/mol. The fourth-order valence-electron chi connectivity index (χ4n) is 3.01. The van der Waals surface area contributed by atoms with E-state index in [-0.39, 0.29) is 5.82 Å². The van der Waals surface area contributed by atoms with Crippen LogP contribution in [0.4, 0.5) is 10.1 Å². The number of fused-ring (bicyclic) bond motifs is 1. The van der Waals surface area contributed by atoms with Crippen LogP contribution in [0.5, 0.6) is 0 Å². The molecule has 3 rings (SSSR count). The smallest absolute Gasteiger partial charge is 0.123 e. The van der Waals surface area contributed by atoms with Gasteiger partial charge in [-0.05, 0) is 50.1 Å². The lowest BCUT2D eigenvalue weighted by molar-refractivity contribution is 0.318. The van der Waals surface area contributed by atoms with E-state index in [1.807, 2.05) is 12.1 Å². The highest BCUT2D eigenvalue weighted by atomic mass is 19.1. The Morgan fingerprint density at radius 3 is 2.75 bits per heavy atom. The molecule has 0 amide bonds. The van der Waals surface area contributed by atoms with Gasteiger partial charge in [-0.3, -0.25) is 4.90 Å². The summed E-state index contributed by atoms with van der Waals surface area (Å²) in [6.07, 6.45) is 3.84. The zero-order valence-corrected chi connectivity index (χ0v) is 9.32. The average molecular weight is 220 g/mol. The first-order chi connectivity index (χ1) is 7.83. The number of nitrogens with zero attached hydrogens (tertiary/aromatic N) is 1. The average Bonchev–Trinajstić information content (AvgIpc) is 2.86. The molecule has 2 nitrogen and oxygen atoms in total. The number of anilines is 1. The van der Waals surface area contributed by atoms with Gasteiger partial charge in [-0.2, -0.15) is 0 Å². The summed E-state index contributed by atoms with van der Waals surface area (Å²) in [6, 6.07) is 7.94. The van der Waals surface area contributed by atoms with Crippen LogP contribution in [0.3, 0.4) is 0 Å². The fraction of sp³-hybridized carbons (Fsp3) is 0.538. The van der Waals surface area contributed by atoms with Crippen LogP contribution in [-0.4, -0.2) is 30.1 Å². The normalized spacial score (nSPS) is 29.3. The Hall–Kier alpha value is -1.09. The Labute approximate surface area is 95.4 Å². The van der Waals surface area contributed by atoms with Gasteiger partial charge < -0.3 is 5.32 Å². The van der Waals surface area contributed by atoms with E-state index in [1.54, 1.807) is 0 Å². The van der Waals surface area contributed by atoms with Crippen LogP contribution in [0.25, 0.3) is 0 Å². The van der Waals surface area contributed by atoms with E-state index in [1.165, 1.54) is 44.5 Å². The number of hydrogen-bond donors (Lipinski definition) is 1. The van der Waals surface area contributed by atoms with Crippen LogP contribution in [0.15, 0.2) is 24.3 Å². The summed E-state index contributed by atoms with van der Waals surface area (Å²) in [4.78, 5) is 2.57. The Balaban J connectivity index is 1.68. The van der Waals surface area contributed by atoms with Gasteiger partial charge in [-0.15, -0.1) is 0 Å². The van der Waals surface area contributed by atoms with Crippen molar-refractivity contribution in [3.05, 3.63) is 30.1 Å². The van der Waals surface area contributed by atoms with E-state index in [0.717, 1.165) is 5.69 Å². The van der Waals surface area contributed by atoms with Crippen LogP contribution < -0.4 is 5.32 Å². The largest absolute Gasteiger partial charge is 0.381 e. The monoisotopic (exact) mass is 220 g/mol. The molecule has 86 valence electrons. The molecule has 0 aromatic heterocycles. The van der Waals surface area contributed by atoms with Crippen molar-refractivity contribution in [1.29, 1.82) is 0 Å². The quantitative estimate of drug-likeness (QED) is 0.823. The molecule has 2 saturated heterocycles. The summed E-state index contributed by atoms with van der Waals surface area (Å²) in [5.41, 5.74) is 1.04. The first kappa shape index (κ1) is 10.1. The number of rotatable bonds is 2. The molecule has 0 spiro atoms. The van der Waals surface area contributed by atoms with Crippen LogP contribution in [-0.2, 0) is 0 Å². The van der Waals surface area contributed by atoms with Gasteiger partial charge in [0.25, 0.3) is 0 Å². The molecule has 2 unspecified atom stereocenters. The lowest BCUT2D eigenvalue weighted by Crippen LogP contribution is -2.33. The van der Waals surface area contributed by atoms with Gasteiger partial charge in [-0.25, -0.2) is 4.39 Å². The Morgan fingerprint density at radius 1 is 1.12 bits per heavy atom. The molecule has 2 atom stereocenters. The number of benzene rings is 1. The Morgan fingerprint density at radius 2 is 1.94 bits per heavy atom. The van der Waals surface area contributed by atoms with Gasteiger partial charge in [0.15, 0.2) is 0 Å². The maximum absolute atomic E-state index is 12.8. The number of nitrogens with one attached hydrogen (secondary N) is 1. The summed E-state index contributed by atoms with van der Waals surface area (Å²) in [5.74, 6) is -0.167. The topological polar surface area (TPSA) is 15.3 Å². The van der Waals surface area contributed by atoms with Crippen LogP contribution in [0, 0.1) is 5.82 Å². The summed E-state index contributed by atoms with van der Waals surface area (Å²) in [7, 11) is 0. The second-order valence-electron chi connectivity index (χ2n) is 4.79. The molecule has 3 heteroatoms. The molecule has 1 aromatic carbocycles. The van der Waals surface area contributed by atoms with Crippen LogP contribution >= 0.6 is 0 Å². The SMILES string of the molecule is Fc1ccc(NC2CCN3CCCC23)cc1. The van der Waals surface area contributed by atoms with Crippen molar-refractivity contribution in [1.82, 2.24) is 4.90 Å². The maximum atomic E-state index is 12.8. The van der Waals surface area contributed by atoms with E-state index in [0.29, 0.717) is 12.1 Å². The van der Waals surface area contributed by atoms with Gasteiger partial charge in [0.1, 0.15) is 5.82 Å². The molecule has 16 heavy (non-hydrogen) atoms. The van der Waals surface area contributed by atoms with Crippen molar-refractivity contribution in [2.75, 3.05) is 18.4 Å². The summed E-state index contributed by atoms with van der Waals surface area (Å²) >= 11 is 0. The highest BCUT2D eigenvalue weighted by molar-refractivity contribution is 5.44. The third-order valence-corrected chi connectivity index (χ3v) is 3.80. The first-order valence-electron chi connectivity index (χ1n) is 6.09. The van der Waals surface area contributed by atoms with Gasteiger partial charge >= 0.3 is 0 Å². The summed E-state index contributed by atoms with van der Waals surface area (Å²) in [5, 5.41) is 3.53. The third-order valence-electron chi connectivity index (χ3n) is 3.80. The van der Waals surface area contributed by atoms with E-state index in [9.17, 15) is 4.39 Å². The van der Waals surface area contributed by atoms with Crippen molar-refractivity contribution < 1.29 is 4.39 Å². The molecule has 1 aromatic rings. The fourth-order valence-corrected chi connectivity index (χ4v) is 3.01. The summed E-state index contributed by atoms with van der Waals surface area (Å²) in [6.45, 7) is 2.47. The Kier molecular flexibility index (Phi) is 2.56. The molecule has 2 aliphatic heterocycles. The van der Waals surface area contributed by atoms with Crippen molar-refractivity contribution >= 4 is 5.69 Å². The van der Waals surface area contributed by atoms with Gasteiger partial charge in [0, 0.05) is 24.3 Å². The zero-order valence-electron chi connectivity index (χ0n) is 9.32. The van der Waals surface area contributed by atoms with Crippen LogP contribution in [0.1, 0.15) is 19.3 Å². The molecule has 0 saturated carbocycles. The minimum atomic E-state index is -0.167. The van der Waals surface area contributed by atoms with Crippen molar-refractivity contribution in [2.24, 2.45) is 0 Å². The number of hydrogen-bond acceptors (Lipinski definition) is 2. The molecular formula is C13H17FN2. The number of halogens is 1. The minimum absolute atomic E-state index is 0.167. The molecule has 0 aliphatic carbocycles. The molecule has 2 heterocycles. The second-order valence-corrected chi connectivity index (χ2v) is 4.79. The van der Waals surface area contributed by atoms with Crippen molar-refractivity contribution in [2.45, 2.75) is 31.3 Å². The third kappa shape index (κ3) is 1.80. The van der Waals surface area contributed by atoms with Gasteiger partial charge in [0.2, 0.25) is 0 Å². The van der Waals surface area contributed by atoms with Gasteiger partial charge in [-0.1, -0.05) is 0 Å². The predicted molar refractivity (Wildman–Crippen MR) is 63.0 cm³/mol. The Bertz CT molecular complexity index is 363. The maximum Gasteiger partial charge on any atom is 0.123 e. The van der Waals surface area contributed by atoms with E-state index >= 15 is 0 Å².